The number of rotatable bonds is 6. The van der Waals surface area contributed by atoms with Crippen molar-refractivity contribution >= 4 is 5.91 Å². The number of hydrogen-bond acceptors (Lipinski definition) is 4. The molecule has 1 amide bonds. The Morgan fingerprint density at radius 3 is 2.80 bits per heavy atom. The molecular formula is C23H25FN4O2. The molecule has 1 atom stereocenters. The molecule has 0 bridgehead atoms. The van der Waals surface area contributed by atoms with Gasteiger partial charge in [-0.15, -0.1) is 0 Å². The number of hydrogen-bond donors (Lipinski definition) is 1. The maximum Gasteiger partial charge on any atom is 0.241 e. The summed E-state index contributed by atoms with van der Waals surface area (Å²) in [5.41, 5.74) is 2.47. The van der Waals surface area contributed by atoms with Gasteiger partial charge in [0.2, 0.25) is 5.91 Å². The Labute approximate surface area is 175 Å². The lowest BCUT2D eigenvalue weighted by molar-refractivity contribution is -0.121. The highest BCUT2D eigenvalue weighted by molar-refractivity contribution is 5.75. The van der Waals surface area contributed by atoms with Crippen LogP contribution in [0.15, 0.2) is 60.8 Å². The molecule has 2 aromatic carbocycles. The summed E-state index contributed by atoms with van der Waals surface area (Å²) in [5.74, 6) is 0.409. The molecule has 1 aromatic heterocycles. The van der Waals surface area contributed by atoms with Crippen LogP contribution in [0.25, 0.3) is 0 Å². The number of para-hydroxylation sites is 1. The molecule has 0 saturated heterocycles. The van der Waals surface area contributed by atoms with Crippen molar-refractivity contribution in [2.45, 2.75) is 26.1 Å². The molecule has 156 valence electrons. The van der Waals surface area contributed by atoms with Crippen molar-refractivity contribution in [2.75, 3.05) is 19.6 Å². The molecule has 0 radical (unpaired) electrons. The normalized spacial score (nSPS) is 16.4. The number of carbonyl (C=O) groups excluding carboxylic acids is 1. The molecule has 3 aromatic rings. The van der Waals surface area contributed by atoms with Crippen molar-refractivity contribution in [3.05, 3.63) is 83.4 Å². The Morgan fingerprint density at radius 1 is 1.20 bits per heavy atom. The number of carbonyl (C=O) groups is 1. The van der Waals surface area contributed by atoms with Crippen LogP contribution in [-0.2, 0) is 17.9 Å². The molecule has 0 aliphatic carbocycles. The molecule has 7 heteroatoms. The highest BCUT2D eigenvalue weighted by atomic mass is 19.1. The number of benzene rings is 2. The van der Waals surface area contributed by atoms with Crippen LogP contribution in [0, 0.1) is 12.7 Å². The highest BCUT2D eigenvalue weighted by Gasteiger charge is 2.26. The van der Waals surface area contributed by atoms with Crippen LogP contribution >= 0.6 is 0 Å². The molecule has 2 heterocycles. The van der Waals surface area contributed by atoms with Crippen LogP contribution < -0.4 is 10.1 Å². The zero-order valence-electron chi connectivity index (χ0n) is 16.9. The van der Waals surface area contributed by atoms with Gasteiger partial charge in [-0.1, -0.05) is 36.4 Å². The molecular weight excluding hydrogens is 383 g/mol. The Balaban J connectivity index is 1.41. The minimum atomic E-state index is -0.419. The van der Waals surface area contributed by atoms with Gasteiger partial charge in [0.1, 0.15) is 24.2 Å². The third-order valence-electron chi connectivity index (χ3n) is 5.14. The average molecular weight is 408 g/mol. The van der Waals surface area contributed by atoms with E-state index in [2.05, 4.69) is 15.3 Å². The number of fused-ring (bicyclic) bond motifs is 1. The van der Waals surface area contributed by atoms with E-state index in [1.807, 2.05) is 43.3 Å². The van der Waals surface area contributed by atoms with Gasteiger partial charge in [-0.3, -0.25) is 14.4 Å². The lowest BCUT2D eigenvalue weighted by atomic mass is 10.1. The monoisotopic (exact) mass is 408 g/mol. The van der Waals surface area contributed by atoms with Crippen molar-refractivity contribution < 1.29 is 13.9 Å². The summed E-state index contributed by atoms with van der Waals surface area (Å²) in [6.07, 6.45) is 1.37. The Bertz CT molecular complexity index is 1020. The van der Waals surface area contributed by atoms with Gasteiger partial charge in [-0.25, -0.2) is 4.39 Å². The lowest BCUT2D eigenvalue weighted by Gasteiger charge is -2.24. The van der Waals surface area contributed by atoms with Crippen molar-refractivity contribution in [1.82, 2.24) is 20.0 Å². The number of halogens is 1. The van der Waals surface area contributed by atoms with E-state index in [1.54, 1.807) is 23.0 Å². The molecule has 0 fully saturated rings. The molecule has 4 rings (SSSR count). The van der Waals surface area contributed by atoms with Gasteiger partial charge in [0.25, 0.3) is 0 Å². The molecule has 1 aliphatic rings. The van der Waals surface area contributed by atoms with Gasteiger partial charge in [0.15, 0.2) is 0 Å². The van der Waals surface area contributed by atoms with E-state index in [0.29, 0.717) is 31.7 Å². The summed E-state index contributed by atoms with van der Waals surface area (Å²) in [7, 11) is 0. The molecule has 1 unspecified atom stereocenters. The van der Waals surface area contributed by atoms with Crippen LogP contribution in [0.1, 0.15) is 22.9 Å². The van der Waals surface area contributed by atoms with E-state index in [4.69, 9.17) is 4.74 Å². The maximum atomic E-state index is 14.4. The van der Waals surface area contributed by atoms with Crippen molar-refractivity contribution in [1.29, 1.82) is 0 Å². The van der Waals surface area contributed by atoms with Crippen LogP contribution in [0.5, 0.6) is 5.75 Å². The average Bonchev–Trinajstić information content (AvgIpc) is 3.03. The second-order valence-electron chi connectivity index (χ2n) is 7.48. The first-order chi connectivity index (χ1) is 14.6. The van der Waals surface area contributed by atoms with Gasteiger partial charge >= 0.3 is 0 Å². The Morgan fingerprint density at radius 2 is 2.00 bits per heavy atom. The fraction of sp³-hybridized carbons (Fsp3) is 0.304. The summed E-state index contributed by atoms with van der Waals surface area (Å²) < 4.78 is 22.2. The number of nitrogens with zero attached hydrogens (tertiary/aromatic N) is 3. The number of ether oxygens (including phenoxy) is 1. The van der Waals surface area contributed by atoms with Crippen LogP contribution in [0.2, 0.25) is 0 Å². The maximum absolute atomic E-state index is 14.4. The van der Waals surface area contributed by atoms with Crippen molar-refractivity contribution in [2.24, 2.45) is 0 Å². The first-order valence-electron chi connectivity index (χ1n) is 10.1. The predicted octanol–water partition coefficient (Wildman–Crippen LogP) is 3.08. The van der Waals surface area contributed by atoms with E-state index in [9.17, 15) is 9.18 Å². The van der Waals surface area contributed by atoms with E-state index >= 15 is 0 Å². The van der Waals surface area contributed by atoms with Gasteiger partial charge in [-0.05, 0) is 25.1 Å². The molecule has 0 saturated carbocycles. The number of amides is 1. The third-order valence-corrected chi connectivity index (χ3v) is 5.14. The van der Waals surface area contributed by atoms with Gasteiger partial charge in [0, 0.05) is 43.5 Å². The molecule has 6 nitrogen and oxygen atoms in total. The molecule has 1 aliphatic heterocycles. The fourth-order valence-electron chi connectivity index (χ4n) is 3.66. The topological polar surface area (TPSA) is 59.4 Å². The van der Waals surface area contributed by atoms with Gasteiger partial charge in [-0.2, -0.15) is 5.10 Å². The SMILES string of the molecule is Cc1ccn(CC(=O)NCCN2Cc3ccccc3OC(c3ccccc3F)C2)n1. The first-order valence-corrected chi connectivity index (χ1v) is 10.1. The molecule has 30 heavy (non-hydrogen) atoms. The van der Waals surface area contributed by atoms with Crippen LogP contribution in [0.4, 0.5) is 4.39 Å². The molecule has 0 spiro atoms. The summed E-state index contributed by atoms with van der Waals surface area (Å²) >= 11 is 0. The highest BCUT2D eigenvalue weighted by Crippen LogP contribution is 2.31. The van der Waals surface area contributed by atoms with E-state index in [-0.39, 0.29) is 18.3 Å². The Hall–Kier alpha value is -3.19. The van der Waals surface area contributed by atoms with Crippen LogP contribution in [-0.4, -0.2) is 40.2 Å². The summed E-state index contributed by atoms with van der Waals surface area (Å²) in [6, 6.07) is 16.4. The smallest absolute Gasteiger partial charge is 0.241 e. The number of aryl methyl sites for hydroxylation is 1. The van der Waals surface area contributed by atoms with Crippen LogP contribution in [0.3, 0.4) is 0 Å². The number of aromatic nitrogens is 2. The quantitative estimate of drug-likeness (QED) is 0.681. The zero-order valence-corrected chi connectivity index (χ0v) is 16.9. The summed E-state index contributed by atoms with van der Waals surface area (Å²) in [4.78, 5) is 14.4. The number of nitrogens with one attached hydrogen (secondary N) is 1. The predicted molar refractivity (Wildman–Crippen MR) is 111 cm³/mol. The van der Waals surface area contributed by atoms with E-state index < -0.39 is 6.10 Å². The van der Waals surface area contributed by atoms with Crippen molar-refractivity contribution in [3.8, 4) is 5.75 Å². The first kappa shape index (κ1) is 20.1. The Kier molecular flexibility index (Phi) is 6.09. The molecule has 1 N–H and O–H groups in total. The second kappa shape index (κ2) is 9.09. The van der Waals surface area contributed by atoms with E-state index in [0.717, 1.165) is 17.0 Å². The van der Waals surface area contributed by atoms with Gasteiger partial charge in [0.05, 0.1) is 5.69 Å². The second-order valence-corrected chi connectivity index (χ2v) is 7.48. The summed E-state index contributed by atoms with van der Waals surface area (Å²) in [6.45, 7) is 4.41. The lowest BCUT2D eigenvalue weighted by Crippen LogP contribution is -2.37. The van der Waals surface area contributed by atoms with E-state index in [1.165, 1.54) is 6.07 Å². The largest absolute Gasteiger partial charge is 0.484 e. The standard InChI is InChI=1S/C23H25FN4O2/c1-17-10-12-28(26-17)16-23(29)25-11-13-27-14-18-6-2-5-9-21(18)30-22(15-27)19-7-3-4-8-20(19)24/h2-10,12,22H,11,13-16H2,1H3,(H,25,29). The zero-order chi connectivity index (χ0) is 20.9. The van der Waals surface area contributed by atoms with Gasteiger partial charge < -0.3 is 10.1 Å². The van der Waals surface area contributed by atoms with Crippen molar-refractivity contribution in [3.63, 3.8) is 0 Å². The fourth-order valence-corrected chi connectivity index (χ4v) is 3.66. The third kappa shape index (κ3) is 4.86. The summed E-state index contributed by atoms with van der Waals surface area (Å²) in [5, 5.41) is 7.17. The minimum absolute atomic E-state index is 0.0878. The minimum Gasteiger partial charge on any atom is -0.484 e.